The standard InChI is InChI=1S/C19H12O2/c20-19(21)18-11-14-7-3-4-8-15(14)16-9-12-5-1-2-6-13(12)10-17(16)18/h1-11H,(H,20,21). The van der Waals surface area contributed by atoms with Crippen LogP contribution in [0.3, 0.4) is 0 Å². The van der Waals surface area contributed by atoms with E-state index < -0.39 is 5.97 Å². The Bertz CT molecular complexity index is 1020. The molecule has 1 N–H and O–H groups in total. The summed E-state index contributed by atoms with van der Waals surface area (Å²) in [6.45, 7) is 0. The second kappa shape index (κ2) is 4.32. The van der Waals surface area contributed by atoms with E-state index in [0.29, 0.717) is 5.56 Å². The summed E-state index contributed by atoms with van der Waals surface area (Å²) in [7, 11) is 0. The van der Waals surface area contributed by atoms with E-state index in [4.69, 9.17) is 0 Å². The van der Waals surface area contributed by atoms with E-state index in [9.17, 15) is 9.90 Å². The van der Waals surface area contributed by atoms with Crippen LogP contribution in [0.2, 0.25) is 0 Å². The number of aromatic carboxylic acids is 1. The van der Waals surface area contributed by atoms with Crippen molar-refractivity contribution in [2.24, 2.45) is 0 Å². The lowest BCUT2D eigenvalue weighted by atomic mass is 9.94. The molecular formula is C19H12O2. The van der Waals surface area contributed by atoms with Crippen molar-refractivity contribution in [1.82, 2.24) is 0 Å². The van der Waals surface area contributed by atoms with Crippen LogP contribution in [-0.2, 0) is 0 Å². The number of carboxylic acid groups (broad SMARTS) is 1. The van der Waals surface area contributed by atoms with Gasteiger partial charge in [0.1, 0.15) is 0 Å². The smallest absolute Gasteiger partial charge is 0.336 e. The van der Waals surface area contributed by atoms with E-state index in [2.05, 4.69) is 12.1 Å². The monoisotopic (exact) mass is 272 g/mol. The summed E-state index contributed by atoms with van der Waals surface area (Å²) < 4.78 is 0. The average Bonchev–Trinajstić information content (AvgIpc) is 2.52. The number of benzene rings is 4. The van der Waals surface area contributed by atoms with Crippen molar-refractivity contribution in [1.29, 1.82) is 0 Å². The molecule has 0 aromatic heterocycles. The Morgan fingerprint density at radius 1 is 0.667 bits per heavy atom. The third-order valence-corrected chi connectivity index (χ3v) is 3.96. The highest BCUT2D eigenvalue weighted by Gasteiger charge is 2.12. The number of carboxylic acids is 1. The van der Waals surface area contributed by atoms with Crippen LogP contribution >= 0.6 is 0 Å². The molecule has 4 aromatic carbocycles. The minimum absolute atomic E-state index is 0.356. The predicted molar refractivity (Wildman–Crippen MR) is 85.9 cm³/mol. The molecule has 0 aliphatic heterocycles. The lowest BCUT2D eigenvalue weighted by Gasteiger charge is -2.09. The van der Waals surface area contributed by atoms with Crippen LogP contribution in [0.15, 0.2) is 66.7 Å². The third kappa shape index (κ3) is 1.77. The van der Waals surface area contributed by atoms with Crippen LogP contribution in [-0.4, -0.2) is 11.1 Å². The molecular weight excluding hydrogens is 260 g/mol. The fraction of sp³-hybridized carbons (Fsp3) is 0. The van der Waals surface area contributed by atoms with Crippen molar-refractivity contribution >= 4 is 38.3 Å². The van der Waals surface area contributed by atoms with Crippen molar-refractivity contribution < 1.29 is 9.90 Å². The second-order valence-electron chi connectivity index (χ2n) is 5.20. The molecule has 0 amide bonds. The molecule has 0 aliphatic carbocycles. The van der Waals surface area contributed by atoms with E-state index in [1.54, 1.807) is 6.07 Å². The van der Waals surface area contributed by atoms with E-state index in [0.717, 1.165) is 32.3 Å². The Labute approximate surface area is 121 Å². The molecule has 0 radical (unpaired) electrons. The summed E-state index contributed by atoms with van der Waals surface area (Å²) in [5.74, 6) is -0.888. The zero-order valence-electron chi connectivity index (χ0n) is 11.2. The number of fused-ring (bicyclic) bond motifs is 4. The maximum Gasteiger partial charge on any atom is 0.336 e. The largest absolute Gasteiger partial charge is 0.478 e. The Hall–Kier alpha value is -2.87. The normalized spacial score (nSPS) is 11.2. The first-order valence-electron chi connectivity index (χ1n) is 6.81. The summed E-state index contributed by atoms with van der Waals surface area (Å²) in [4.78, 5) is 11.6. The average molecular weight is 272 g/mol. The van der Waals surface area contributed by atoms with Gasteiger partial charge < -0.3 is 5.11 Å². The molecule has 0 spiro atoms. The summed E-state index contributed by atoms with van der Waals surface area (Å²) in [6, 6.07) is 21.8. The summed E-state index contributed by atoms with van der Waals surface area (Å²) in [5.41, 5.74) is 0.356. The van der Waals surface area contributed by atoms with E-state index in [-0.39, 0.29) is 0 Å². The molecule has 4 aromatic rings. The van der Waals surface area contributed by atoms with Gasteiger partial charge in [0.2, 0.25) is 0 Å². The van der Waals surface area contributed by atoms with Crippen LogP contribution in [0.1, 0.15) is 10.4 Å². The summed E-state index contributed by atoms with van der Waals surface area (Å²) >= 11 is 0. The van der Waals surface area contributed by atoms with Crippen molar-refractivity contribution in [3.63, 3.8) is 0 Å². The summed E-state index contributed by atoms with van der Waals surface area (Å²) in [5, 5.41) is 15.5. The Morgan fingerprint density at radius 2 is 1.24 bits per heavy atom. The van der Waals surface area contributed by atoms with Gasteiger partial charge in [-0.15, -0.1) is 0 Å². The highest BCUT2D eigenvalue weighted by Crippen LogP contribution is 2.32. The van der Waals surface area contributed by atoms with Crippen molar-refractivity contribution in [2.45, 2.75) is 0 Å². The van der Waals surface area contributed by atoms with Crippen molar-refractivity contribution in [3.05, 3.63) is 72.3 Å². The number of hydrogen-bond donors (Lipinski definition) is 1. The van der Waals surface area contributed by atoms with Crippen molar-refractivity contribution in [3.8, 4) is 0 Å². The van der Waals surface area contributed by atoms with Gasteiger partial charge >= 0.3 is 5.97 Å². The van der Waals surface area contributed by atoms with Crippen LogP contribution in [0.5, 0.6) is 0 Å². The van der Waals surface area contributed by atoms with Gasteiger partial charge in [0.15, 0.2) is 0 Å². The fourth-order valence-corrected chi connectivity index (χ4v) is 2.96. The number of hydrogen-bond acceptors (Lipinski definition) is 1. The first kappa shape index (κ1) is 11.9. The second-order valence-corrected chi connectivity index (χ2v) is 5.20. The maximum atomic E-state index is 11.6. The van der Waals surface area contributed by atoms with Gasteiger partial charge in [0, 0.05) is 0 Å². The minimum atomic E-state index is -0.888. The molecule has 0 saturated carbocycles. The quantitative estimate of drug-likeness (QED) is 0.397. The van der Waals surface area contributed by atoms with Gasteiger partial charge in [-0.3, -0.25) is 0 Å². The molecule has 2 nitrogen and oxygen atoms in total. The summed E-state index contributed by atoms with van der Waals surface area (Å²) in [6.07, 6.45) is 0. The molecule has 0 unspecified atom stereocenters. The highest BCUT2D eigenvalue weighted by molar-refractivity contribution is 6.18. The van der Waals surface area contributed by atoms with Crippen LogP contribution in [0, 0.1) is 0 Å². The SMILES string of the molecule is O=C(O)c1cc2ccccc2c2cc3ccccc3cc12. The van der Waals surface area contributed by atoms with Crippen LogP contribution in [0.25, 0.3) is 32.3 Å². The fourth-order valence-electron chi connectivity index (χ4n) is 2.96. The van der Waals surface area contributed by atoms with Gasteiger partial charge in [0.25, 0.3) is 0 Å². The lowest BCUT2D eigenvalue weighted by Crippen LogP contribution is -1.98. The number of carbonyl (C=O) groups is 1. The topological polar surface area (TPSA) is 37.3 Å². The Balaban J connectivity index is 2.30. The molecule has 0 atom stereocenters. The van der Waals surface area contributed by atoms with Gasteiger partial charge in [-0.05, 0) is 50.5 Å². The molecule has 0 heterocycles. The predicted octanol–water partition coefficient (Wildman–Crippen LogP) is 4.84. The third-order valence-electron chi connectivity index (χ3n) is 3.96. The Morgan fingerprint density at radius 3 is 1.90 bits per heavy atom. The molecule has 21 heavy (non-hydrogen) atoms. The van der Waals surface area contributed by atoms with Gasteiger partial charge in [-0.2, -0.15) is 0 Å². The van der Waals surface area contributed by atoms with Crippen LogP contribution < -0.4 is 0 Å². The molecule has 100 valence electrons. The zero-order chi connectivity index (χ0) is 14.4. The van der Waals surface area contributed by atoms with Gasteiger partial charge in [-0.1, -0.05) is 48.5 Å². The first-order valence-corrected chi connectivity index (χ1v) is 6.81. The molecule has 0 fully saturated rings. The minimum Gasteiger partial charge on any atom is -0.478 e. The highest BCUT2D eigenvalue weighted by atomic mass is 16.4. The molecule has 4 rings (SSSR count). The molecule has 0 saturated heterocycles. The van der Waals surface area contributed by atoms with Crippen molar-refractivity contribution in [2.75, 3.05) is 0 Å². The van der Waals surface area contributed by atoms with Gasteiger partial charge in [-0.25, -0.2) is 4.79 Å². The van der Waals surface area contributed by atoms with Crippen LogP contribution in [0.4, 0.5) is 0 Å². The molecule has 2 heteroatoms. The lowest BCUT2D eigenvalue weighted by molar-refractivity contribution is 0.0699. The van der Waals surface area contributed by atoms with E-state index >= 15 is 0 Å². The Kier molecular flexibility index (Phi) is 2.45. The van der Waals surface area contributed by atoms with E-state index in [1.807, 2.05) is 48.5 Å². The van der Waals surface area contributed by atoms with E-state index in [1.165, 1.54) is 0 Å². The first-order chi connectivity index (χ1) is 10.2. The number of rotatable bonds is 1. The molecule has 0 bridgehead atoms. The maximum absolute atomic E-state index is 11.6. The van der Waals surface area contributed by atoms with Gasteiger partial charge in [0.05, 0.1) is 5.56 Å². The zero-order valence-corrected chi connectivity index (χ0v) is 11.2. The molecule has 0 aliphatic rings.